The van der Waals surface area contributed by atoms with E-state index in [2.05, 4.69) is 5.32 Å². The molecule has 0 aliphatic carbocycles. The molecule has 20 heavy (non-hydrogen) atoms. The lowest BCUT2D eigenvalue weighted by Gasteiger charge is -2.31. The average Bonchev–Trinajstić information content (AvgIpc) is 2.86. The molecule has 1 fully saturated rings. The second kappa shape index (κ2) is 5.21. The fourth-order valence-electron chi connectivity index (χ4n) is 2.36. The topological polar surface area (TPSA) is 66.5 Å². The number of fused-ring (bicyclic) bond motifs is 1. The second-order valence-electron chi connectivity index (χ2n) is 4.88. The molecule has 0 radical (unpaired) electrons. The summed E-state index contributed by atoms with van der Waals surface area (Å²) in [6, 6.07) is 1.31. The molecule has 1 unspecified atom stereocenters. The zero-order chi connectivity index (χ0) is 14.3. The quantitative estimate of drug-likeness (QED) is 0.787. The summed E-state index contributed by atoms with van der Waals surface area (Å²) in [5.41, 5.74) is 1.22. The van der Waals surface area contributed by atoms with Gasteiger partial charge in [0.1, 0.15) is 12.6 Å². The lowest BCUT2D eigenvalue weighted by molar-refractivity contribution is -0.138. The number of nitrogens with one attached hydrogen (secondary N) is 1. The Morgan fingerprint density at radius 2 is 2.25 bits per heavy atom. The van der Waals surface area contributed by atoms with Crippen molar-refractivity contribution < 1.29 is 14.4 Å². The van der Waals surface area contributed by atoms with Crippen LogP contribution in [0.25, 0.3) is 0 Å². The third-order valence-electron chi connectivity index (χ3n) is 3.52. The van der Waals surface area contributed by atoms with Crippen molar-refractivity contribution in [2.75, 3.05) is 12.3 Å². The Labute approximate surface area is 124 Å². The van der Waals surface area contributed by atoms with Crippen LogP contribution in [-0.2, 0) is 21.8 Å². The van der Waals surface area contributed by atoms with Crippen LogP contribution in [0.4, 0.5) is 0 Å². The van der Waals surface area contributed by atoms with E-state index in [1.807, 2.05) is 17.8 Å². The number of hydrogen-bond donors (Lipinski definition) is 1. The van der Waals surface area contributed by atoms with Gasteiger partial charge in [0.2, 0.25) is 11.8 Å². The van der Waals surface area contributed by atoms with E-state index in [0.717, 1.165) is 17.9 Å². The largest absolute Gasteiger partial charge is 0.317 e. The smallest absolute Gasteiger partial charge is 0.265 e. The van der Waals surface area contributed by atoms with Crippen LogP contribution in [-0.4, -0.2) is 41.0 Å². The summed E-state index contributed by atoms with van der Waals surface area (Å²) in [5, 5.41) is 2.24. The normalized spacial score (nSPS) is 22.4. The predicted octanol–water partition coefficient (Wildman–Crippen LogP) is 1.02. The number of nitrogens with zero attached hydrogens (tertiary/aromatic N) is 1. The number of piperazine rings is 1. The number of thiophene rings is 1. The van der Waals surface area contributed by atoms with Crippen LogP contribution >= 0.6 is 23.1 Å². The van der Waals surface area contributed by atoms with Crippen molar-refractivity contribution in [3.8, 4) is 0 Å². The van der Waals surface area contributed by atoms with Gasteiger partial charge in [0.05, 0.1) is 4.88 Å². The van der Waals surface area contributed by atoms with Crippen molar-refractivity contribution in [2.24, 2.45) is 0 Å². The third-order valence-corrected chi connectivity index (χ3v) is 5.76. The molecule has 5 nitrogen and oxygen atoms in total. The Morgan fingerprint density at radius 1 is 1.45 bits per heavy atom. The van der Waals surface area contributed by atoms with Crippen LogP contribution in [0.15, 0.2) is 6.07 Å². The summed E-state index contributed by atoms with van der Waals surface area (Å²) in [5.74, 6) is 0.978. The fraction of sp³-hybridized carbons (Fsp3) is 0.462. The van der Waals surface area contributed by atoms with E-state index in [9.17, 15) is 14.4 Å². The molecule has 0 bridgehead atoms. The summed E-state index contributed by atoms with van der Waals surface area (Å²) in [4.78, 5) is 38.8. The number of amides is 3. The van der Waals surface area contributed by atoms with Gasteiger partial charge in [0, 0.05) is 10.6 Å². The predicted molar refractivity (Wildman–Crippen MR) is 77.8 cm³/mol. The zero-order valence-electron chi connectivity index (χ0n) is 11.0. The van der Waals surface area contributed by atoms with Crippen molar-refractivity contribution in [2.45, 2.75) is 25.1 Å². The lowest BCUT2D eigenvalue weighted by atomic mass is 10.1. The Kier molecular flexibility index (Phi) is 3.55. The molecule has 3 rings (SSSR count). The van der Waals surface area contributed by atoms with E-state index in [1.54, 1.807) is 6.92 Å². The number of hydrogen-bond acceptors (Lipinski definition) is 5. The molecular formula is C13H14N2O3S2. The Hall–Kier alpha value is -1.34. The Morgan fingerprint density at radius 3 is 3.00 bits per heavy atom. The molecule has 0 aromatic carbocycles. The van der Waals surface area contributed by atoms with Gasteiger partial charge in [-0.3, -0.25) is 19.7 Å². The summed E-state index contributed by atoms with van der Waals surface area (Å²) in [6.07, 6.45) is 0.993. The SMILES string of the molecule is CC1C(=O)NC(=O)CN1C(=O)c1cc2c(s1)CCSC2. The number of carbonyl (C=O) groups is 3. The Bertz CT molecular complexity index is 573. The van der Waals surface area contributed by atoms with Crippen molar-refractivity contribution >= 4 is 40.8 Å². The average molecular weight is 310 g/mol. The maximum absolute atomic E-state index is 12.5. The molecule has 1 atom stereocenters. The first kappa shape index (κ1) is 13.6. The van der Waals surface area contributed by atoms with E-state index in [0.29, 0.717) is 4.88 Å². The highest BCUT2D eigenvalue weighted by atomic mass is 32.2. The van der Waals surface area contributed by atoms with Gasteiger partial charge in [0.15, 0.2) is 0 Å². The molecule has 3 heterocycles. The molecule has 0 saturated carbocycles. The van der Waals surface area contributed by atoms with Gasteiger partial charge in [0.25, 0.3) is 5.91 Å². The fourth-order valence-corrected chi connectivity index (χ4v) is 4.68. The minimum absolute atomic E-state index is 0.0525. The van der Waals surface area contributed by atoms with E-state index in [4.69, 9.17) is 0 Å². The molecule has 2 aliphatic rings. The molecule has 0 spiro atoms. The van der Waals surface area contributed by atoms with Crippen LogP contribution in [0.5, 0.6) is 0 Å². The molecule has 1 aromatic rings. The molecule has 7 heteroatoms. The van der Waals surface area contributed by atoms with Gasteiger partial charge in [-0.15, -0.1) is 11.3 Å². The van der Waals surface area contributed by atoms with Crippen LogP contribution in [0.1, 0.15) is 27.0 Å². The van der Waals surface area contributed by atoms with Crippen molar-refractivity contribution in [3.05, 3.63) is 21.4 Å². The van der Waals surface area contributed by atoms with Gasteiger partial charge in [-0.05, 0) is 30.7 Å². The summed E-state index contributed by atoms with van der Waals surface area (Å²) in [7, 11) is 0. The molecule has 1 aromatic heterocycles. The van der Waals surface area contributed by atoms with E-state index < -0.39 is 17.9 Å². The highest BCUT2D eigenvalue weighted by Gasteiger charge is 2.34. The number of imide groups is 1. The van der Waals surface area contributed by atoms with Crippen LogP contribution in [0.2, 0.25) is 0 Å². The number of rotatable bonds is 1. The third kappa shape index (κ3) is 2.35. The van der Waals surface area contributed by atoms with E-state index >= 15 is 0 Å². The number of thioether (sulfide) groups is 1. The molecule has 2 aliphatic heterocycles. The molecule has 1 N–H and O–H groups in total. The number of carbonyl (C=O) groups excluding carboxylic acids is 3. The first-order chi connectivity index (χ1) is 9.56. The van der Waals surface area contributed by atoms with Crippen LogP contribution in [0.3, 0.4) is 0 Å². The van der Waals surface area contributed by atoms with Gasteiger partial charge < -0.3 is 4.90 Å². The van der Waals surface area contributed by atoms with Gasteiger partial charge in [-0.1, -0.05) is 0 Å². The first-order valence-corrected chi connectivity index (χ1v) is 8.37. The molecular weight excluding hydrogens is 296 g/mol. The monoisotopic (exact) mass is 310 g/mol. The lowest BCUT2D eigenvalue weighted by Crippen LogP contribution is -2.58. The van der Waals surface area contributed by atoms with Gasteiger partial charge in [-0.2, -0.15) is 11.8 Å². The van der Waals surface area contributed by atoms with Gasteiger partial charge in [-0.25, -0.2) is 0 Å². The molecule has 3 amide bonds. The van der Waals surface area contributed by atoms with E-state index in [1.165, 1.54) is 26.7 Å². The van der Waals surface area contributed by atoms with Crippen LogP contribution < -0.4 is 5.32 Å². The summed E-state index contributed by atoms with van der Waals surface area (Å²) in [6.45, 7) is 1.59. The summed E-state index contributed by atoms with van der Waals surface area (Å²) < 4.78 is 0. The highest BCUT2D eigenvalue weighted by molar-refractivity contribution is 7.98. The molecule has 1 saturated heterocycles. The van der Waals surface area contributed by atoms with Crippen molar-refractivity contribution in [1.82, 2.24) is 10.2 Å². The number of aryl methyl sites for hydroxylation is 1. The van der Waals surface area contributed by atoms with E-state index in [-0.39, 0.29) is 12.5 Å². The minimum Gasteiger partial charge on any atom is -0.317 e. The maximum atomic E-state index is 12.5. The first-order valence-electron chi connectivity index (χ1n) is 6.40. The van der Waals surface area contributed by atoms with Crippen LogP contribution in [0, 0.1) is 0 Å². The van der Waals surface area contributed by atoms with Gasteiger partial charge >= 0.3 is 0 Å². The Balaban J connectivity index is 1.86. The van der Waals surface area contributed by atoms with Crippen molar-refractivity contribution in [1.29, 1.82) is 0 Å². The standard InChI is InChI=1S/C13H14N2O3S2/c1-7-12(17)14-11(16)5-15(7)13(18)10-4-8-6-19-3-2-9(8)20-10/h4,7H,2-3,5-6H2,1H3,(H,14,16,17). The maximum Gasteiger partial charge on any atom is 0.265 e. The summed E-state index contributed by atoms with van der Waals surface area (Å²) >= 11 is 3.36. The second-order valence-corrected chi connectivity index (χ2v) is 7.13. The molecule has 106 valence electrons. The minimum atomic E-state index is -0.603. The highest BCUT2D eigenvalue weighted by Crippen LogP contribution is 2.32. The zero-order valence-corrected chi connectivity index (χ0v) is 12.6. The van der Waals surface area contributed by atoms with Crippen molar-refractivity contribution in [3.63, 3.8) is 0 Å².